The minimum atomic E-state index is -0.582. The molecular weight excluding hydrogens is 460 g/mol. The highest BCUT2D eigenvalue weighted by Crippen LogP contribution is 2.40. The number of nitrogens with zero attached hydrogens (tertiary/aromatic N) is 2. The van der Waals surface area contributed by atoms with E-state index in [0.29, 0.717) is 36.0 Å². The predicted molar refractivity (Wildman–Crippen MR) is 132 cm³/mol. The Hall–Kier alpha value is -3.52. The highest BCUT2D eigenvalue weighted by Gasteiger charge is 2.49. The highest BCUT2D eigenvalue weighted by atomic mass is 16.7. The van der Waals surface area contributed by atoms with Crippen LogP contribution >= 0.6 is 0 Å². The minimum Gasteiger partial charge on any atom is -0.459 e. The molecule has 190 valence electrons. The molecule has 8 nitrogen and oxygen atoms in total. The Morgan fingerprint density at radius 2 is 1.39 bits per heavy atom. The van der Waals surface area contributed by atoms with E-state index < -0.39 is 17.0 Å². The van der Waals surface area contributed by atoms with Gasteiger partial charge in [-0.3, -0.25) is 19.3 Å². The van der Waals surface area contributed by atoms with E-state index in [1.165, 1.54) is 4.90 Å². The van der Waals surface area contributed by atoms with Gasteiger partial charge in [0.15, 0.2) is 0 Å². The number of hydrogen-bond donors (Lipinski definition) is 0. The lowest BCUT2D eigenvalue weighted by Crippen LogP contribution is -2.62. The van der Waals surface area contributed by atoms with Crippen LogP contribution in [0.5, 0.6) is 0 Å². The van der Waals surface area contributed by atoms with Crippen LogP contribution in [-0.4, -0.2) is 57.4 Å². The van der Waals surface area contributed by atoms with Crippen LogP contribution in [0.4, 0.5) is 0 Å². The Labute approximate surface area is 211 Å². The highest BCUT2D eigenvalue weighted by molar-refractivity contribution is 6.21. The number of benzene rings is 2. The maximum atomic E-state index is 12.7. The van der Waals surface area contributed by atoms with Gasteiger partial charge in [-0.15, -0.1) is 5.06 Å². The molecule has 0 aliphatic carbocycles. The first kappa shape index (κ1) is 25.6. The van der Waals surface area contributed by atoms with Gasteiger partial charge in [0.2, 0.25) is 0 Å². The molecule has 2 aromatic carbocycles. The summed E-state index contributed by atoms with van der Waals surface area (Å²) in [4.78, 5) is 57.3. The maximum Gasteiger partial charge on any atom is 0.338 e. The van der Waals surface area contributed by atoms with Gasteiger partial charge in [-0.1, -0.05) is 30.3 Å². The third kappa shape index (κ3) is 5.18. The van der Waals surface area contributed by atoms with Crippen molar-refractivity contribution in [2.75, 3.05) is 6.54 Å². The normalized spacial score (nSPS) is 19.2. The average molecular weight is 493 g/mol. The van der Waals surface area contributed by atoms with E-state index in [1.807, 2.05) is 33.8 Å². The van der Waals surface area contributed by atoms with E-state index in [9.17, 15) is 19.2 Å². The van der Waals surface area contributed by atoms with Crippen LogP contribution in [0.25, 0.3) is 0 Å². The summed E-state index contributed by atoms with van der Waals surface area (Å²) in [7, 11) is 0. The van der Waals surface area contributed by atoms with Crippen molar-refractivity contribution in [3.63, 3.8) is 0 Å². The van der Waals surface area contributed by atoms with Gasteiger partial charge in [-0.2, -0.15) is 0 Å². The summed E-state index contributed by atoms with van der Waals surface area (Å²) in [5.41, 5.74) is 0.122. The van der Waals surface area contributed by atoms with Crippen molar-refractivity contribution in [2.45, 2.75) is 70.6 Å². The topological polar surface area (TPSA) is 93.2 Å². The second kappa shape index (κ2) is 9.85. The summed E-state index contributed by atoms with van der Waals surface area (Å²) in [5.74, 6) is -1.48. The molecule has 0 bridgehead atoms. The van der Waals surface area contributed by atoms with Gasteiger partial charge in [0, 0.05) is 25.8 Å². The van der Waals surface area contributed by atoms with Gasteiger partial charge in [-0.05, 0) is 58.4 Å². The lowest BCUT2D eigenvalue weighted by atomic mass is 9.80. The SMILES string of the molecule is CC1(C)CC(OC(=O)c2ccccc2)CC(C)(C)N1OC(=O)CCCN1C(=O)c2ccccc2C1=O. The van der Waals surface area contributed by atoms with E-state index in [4.69, 9.17) is 9.57 Å². The quantitative estimate of drug-likeness (QED) is 0.418. The number of imide groups is 1. The van der Waals surface area contributed by atoms with Crippen molar-refractivity contribution in [3.05, 3.63) is 71.3 Å². The third-order valence-electron chi connectivity index (χ3n) is 6.67. The Bertz CT molecular complexity index is 1120. The van der Waals surface area contributed by atoms with Crippen LogP contribution < -0.4 is 0 Å². The Kier molecular flexibility index (Phi) is 7.00. The average Bonchev–Trinajstić information content (AvgIpc) is 3.06. The first-order chi connectivity index (χ1) is 17.0. The van der Waals surface area contributed by atoms with Gasteiger partial charge in [0.25, 0.3) is 11.8 Å². The number of piperidine rings is 1. The lowest BCUT2D eigenvalue weighted by molar-refractivity contribution is -0.276. The van der Waals surface area contributed by atoms with E-state index in [0.717, 1.165) is 0 Å². The Balaban J connectivity index is 1.31. The number of ether oxygens (including phenoxy) is 1. The molecule has 0 radical (unpaired) electrons. The van der Waals surface area contributed by atoms with E-state index in [2.05, 4.69) is 0 Å². The first-order valence-electron chi connectivity index (χ1n) is 12.2. The predicted octanol–water partition coefficient (Wildman–Crippen LogP) is 4.40. The van der Waals surface area contributed by atoms with Crippen LogP contribution in [0.3, 0.4) is 0 Å². The molecule has 2 aromatic rings. The summed E-state index contributed by atoms with van der Waals surface area (Å²) in [6.45, 7) is 7.94. The molecule has 2 aliphatic rings. The minimum absolute atomic E-state index is 0.0580. The second-order valence-corrected chi connectivity index (χ2v) is 10.6. The fraction of sp³-hybridized carbons (Fsp3) is 0.429. The summed E-state index contributed by atoms with van der Waals surface area (Å²) in [5, 5.41) is 1.69. The molecule has 0 saturated carbocycles. The van der Waals surface area contributed by atoms with Crippen LogP contribution in [0.1, 0.15) is 84.5 Å². The number of amides is 2. The molecule has 0 spiro atoms. The molecular formula is C28H32N2O6. The van der Waals surface area contributed by atoms with E-state index >= 15 is 0 Å². The zero-order valence-corrected chi connectivity index (χ0v) is 21.2. The summed E-state index contributed by atoms with van der Waals surface area (Å²) >= 11 is 0. The standard InChI is InChI=1S/C28H32N2O6/c1-27(2)17-20(35-26(34)19-11-6-5-7-12-19)18-28(3,4)30(27)36-23(31)15-10-16-29-24(32)21-13-8-9-14-22(21)25(29)33/h5-9,11-14,20H,10,15-18H2,1-4H3. The molecule has 2 amide bonds. The number of fused-ring (bicyclic) bond motifs is 1. The summed E-state index contributed by atoms with van der Waals surface area (Å²) in [6, 6.07) is 15.6. The van der Waals surface area contributed by atoms with Crippen molar-refractivity contribution >= 4 is 23.8 Å². The molecule has 1 saturated heterocycles. The van der Waals surface area contributed by atoms with Crippen LogP contribution in [0.2, 0.25) is 0 Å². The van der Waals surface area contributed by atoms with Crippen LogP contribution in [0.15, 0.2) is 54.6 Å². The molecule has 1 fully saturated rings. The van der Waals surface area contributed by atoms with Gasteiger partial charge < -0.3 is 9.57 Å². The molecule has 2 heterocycles. The first-order valence-corrected chi connectivity index (χ1v) is 12.2. The van der Waals surface area contributed by atoms with E-state index in [1.54, 1.807) is 53.6 Å². The fourth-order valence-electron chi connectivity index (χ4n) is 5.27. The van der Waals surface area contributed by atoms with Crippen LogP contribution in [-0.2, 0) is 14.4 Å². The zero-order chi connectivity index (χ0) is 26.1. The zero-order valence-electron chi connectivity index (χ0n) is 21.2. The third-order valence-corrected chi connectivity index (χ3v) is 6.67. The van der Waals surface area contributed by atoms with Crippen molar-refractivity contribution in [3.8, 4) is 0 Å². The molecule has 0 atom stereocenters. The molecule has 0 aromatic heterocycles. The van der Waals surface area contributed by atoms with E-state index in [-0.39, 0.29) is 36.9 Å². The maximum absolute atomic E-state index is 12.7. The molecule has 0 unspecified atom stereocenters. The number of carbonyl (C=O) groups excluding carboxylic acids is 4. The summed E-state index contributed by atoms with van der Waals surface area (Å²) in [6.07, 6.45) is 1.03. The number of rotatable bonds is 7. The number of esters is 1. The Morgan fingerprint density at radius 3 is 1.94 bits per heavy atom. The molecule has 2 aliphatic heterocycles. The van der Waals surface area contributed by atoms with Gasteiger partial charge >= 0.3 is 11.9 Å². The van der Waals surface area contributed by atoms with Gasteiger partial charge in [0.1, 0.15) is 6.10 Å². The van der Waals surface area contributed by atoms with Crippen molar-refractivity contribution in [1.29, 1.82) is 0 Å². The van der Waals surface area contributed by atoms with Crippen LogP contribution in [0, 0.1) is 0 Å². The molecule has 36 heavy (non-hydrogen) atoms. The smallest absolute Gasteiger partial charge is 0.338 e. The Morgan fingerprint density at radius 1 is 0.861 bits per heavy atom. The van der Waals surface area contributed by atoms with Gasteiger partial charge in [0.05, 0.1) is 27.8 Å². The second-order valence-electron chi connectivity index (χ2n) is 10.6. The molecule has 8 heteroatoms. The van der Waals surface area contributed by atoms with Crippen molar-refractivity contribution < 1.29 is 28.8 Å². The van der Waals surface area contributed by atoms with Crippen molar-refractivity contribution in [1.82, 2.24) is 9.96 Å². The van der Waals surface area contributed by atoms with Crippen molar-refractivity contribution in [2.24, 2.45) is 0 Å². The van der Waals surface area contributed by atoms with Gasteiger partial charge in [-0.25, -0.2) is 4.79 Å². The number of hydrogen-bond acceptors (Lipinski definition) is 7. The number of carbonyl (C=O) groups is 4. The molecule has 4 rings (SSSR count). The number of hydroxylamine groups is 2. The lowest BCUT2D eigenvalue weighted by Gasteiger charge is -2.52. The fourth-order valence-corrected chi connectivity index (χ4v) is 5.27. The molecule has 0 N–H and O–H groups in total. The summed E-state index contributed by atoms with van der Waals surface area (Å²) < 4.78 is 5.80. The largest absolute Gasteiger partial charge is 0.459 e. The monoisotopic (exact) mass is 492 g/mol.